The molecule has 2 amide bonds. The van der Waals surface area contributed by atoms with Crippen LogP contribution in [0.3, 0.4) is 0 Å². The number of carbonyl (C=O) groups is 2. The standard InChI is InChI=1S/C27H32N4O2/c32-25(9-8-22-5-3-15-28-21-22)30-17-11-26(33)29-16-4-18-31-19-13-27(14-20-31)12-10-23-6-1-2-7-24(23)27/h1-3,5-10,12,15,21H,4,11,13-14,16-20H2,(H,29,33)(H,30,32)/b9-8+. The smallest absolute Gasteiger partial charge is 0.244 e. The van der Waals surface area contributed by atoms with Gasteiger partial charge in [-0.2, -0.15) is 0 Å². The number of benzene rings is 1. The molecule has 0 atom stereocenters. The van der Waals surface area contributed by atoms with E-state index in [1.807, 2.05) is 12.1 Å². The van der Waals surface area contributed by atoms with Crippen molar-refractivity contribution in [1.29, 1.82) is 0 Å². The maximum absolute atomic E-state index is 12.0. The van der Waals surface area contributed by atoms with Crippen LogP contribution < -0.4 is 10.6 Å². The first-order valence-electron chi connectivity index (χ1n) is 11.8. The maximum Gasteiger partial charge on any atom is 0.244 e. The molecule has 0 radical (unpaired) electrons. The second-order valence-corrected chi connectivity index (χ2v) is 8.78. The van der Waals surface area contributed by atoms with Gasteiger partial charge >= 0.3 is 0 Å². The number of fused-ring (bicyclic) bond motifs is 2. The first kappa shape index (κ1) is 22.9. The molecule has 1 aliphatic carbocycles. The van der Waals surface area contributed by atoms with Crippen LogP contribution in [0.5, 0.6) is 0 Å². The number of allylic oxidation sites excluding steroid dienone is 1. The Morgan fingerprint density at radius 3 is 2.73 bits per heavy atom. The second kappa shape index (κ2) is 11.1. The predicted octanol–water partition coefficient (Wildman–Crippen LogP) is 3.17. The summed E-state index contributed by atoms with van der Waals surface area (Å²) in [6.07, 6.45) is 14.7. The summed E-state index contributed by atoms with van der Waals surface area (Å²) < 4.78 is 0. The Kier molecular flexibility index (Phi) is 7.68. The molecule has 2 N–H and O–H groups in total. The molecule has 1 aliphatic heterocycles. The van der Waals surface area contributed by atoms with Crippen molar-refractivity contribution >= 4 is 24.0 Å². The van der Waals surface area contributed by atoms with Crippen molar-refractivity contribution in [1.82, 2.24) is 20.5 Å². The number of nitrogens with zero attached hydrogens (tertiary/aromatic N) is 2. The predicted molar refractivity (Wildman–Crippen MR) is 131 cm³/mol. The molecule has 1 spiro atoms. The quantitative estimate of drug-likeness (QED) is 0.460. The van der Waals surface area contributed by atoms with Gasteiger partial charge in [0.2, 0.25) is 11.8 Å². The fourth-order valence-electron chi connectivity index (χ4n) is 4.67. The highest BCUT2D eigenvalue weighted by Gasteiger charge is 2.37. The zero-order valence-electron chi connectivity index (χ0n) is 19.0. The Hall–Kier alpha value is -3.25. The van der Waals surface area contributed by atoms with Gasteiger partial charge in [0.25, 0.3) is 0 Å². The zero-order chi connectivity index (χ0) is 22.9. The lowest BCUT2D eigenvalue weighted by Crippen LogP contribution is -2.42. The van der Waals surface area contributed by atoms with E-state index in [2.05, 4.69) is 56.9 Å². The van der Waals surface area contributed by atoms with E-state index in [1.165, 1.54) is 17.2 Å². The number of hydrogen-bond acceptors (Lipinski definition) is 4. The van der Waals surface area contributed by atoms with Crippen LogP contribution >= 0.6 is 0 Å². The summed E-state index contributed by atoms with van der Waals surface area (Å²) in [7, 11) is 0. The van der Waals surface area contributed by atoms with Gasteiger partial charge in [-0.15, -0.1) is 0 Å². The van der Waals surface area contributed by atoms with Crippen molar-refractivity contribution in [3.05, 3.63) is 77.6 Å². The monoisotopic (exact) mass is 444 g/mol. The minimum Gasteiger partial charge on any atom is -0.356 e. The molecule has 2 aliphatic rings. The van der Waals surface area contributed by atoms with E-state index in [9.17, 15) is 9.59 Å². The van der Waals surface area contributed by atoms with Crippen molar-refractivity contribution in [3.63, 3.8) is 0 Å². The molecule has 2 aromatic rings. The number of likely N-dealkylation sites (tertiary alicyclic amines) is 1. The third kappa shape index (κ3) is 6.17. The van der Waals surface area contributed by atoms with Gasteiger partial charge in [0.15, 0.2) is 0 Å². The van der Waals surface area contributed by atoms with E-state index in [1.54, 1.807) is 18.5 Å². The molecular formula is C27H32N4O2. The lowest BCUT2D eigenvalue weighted by atomic mass is 9.74. The normalized spacial score (nSPS) is 16.7. The van der Waals surface area contributed by atoms with Gasteiger partial charge in [0.05, 0.1) is 0 Å². The Bertz CT molecular complexity index is 1010. The highest BCUT2D eigenvalue weighted by atomic mass is 16.2. The van der Waals surface area contributed by atoms with Crippen LogP contribution in [0.2, 0.25) is 0 Å². The molecule has 33 heavy (non-hydrogen) atoms. The molecule has 0 bridgehead atoms. The number of amides is 2. The summed E-state index contributed by atoms with van der Waals surface area (Å²) in [5.74, 6) is -0.244. The molecule has 2 heterocycles. The molecule has 0 saturated carbocycles. The van der Waals surface area contributed by atoms with Crippen molar-refractivity contribution in [2.24, 2.45) is 0 Å². The van der Waals surface area contributed by atoms with Crippen LogP contribution in [0.25, 0.3) is 12.2 Å². The fraction of sp³-hybridized carbons (Fsp3) is 0.370. The molecule has 1 fully saturated rings. The van der Waals surface area contributed by atoms with Gasteiger partial charge in [0, 0.05) is 43.4 Å². The van der Waals surface area contributed by atoms with E-state index in [0.717, 1.165) is 44.5 Å². The van der Waals surface area contributed by atoms with E-state index >= 15 is 0 Å². The zero-order valence-corrected chi connectivity index (χ0v) is 19.0. The maximum atomic E-state index is 12.0. The molecule has 1 saturated heterocycles. The van der Waals surface area contributed by atoms with Crippen LogP contribution in [0.1, 0.15) is 42.4 Å². The van der Waals surface area contributed by atoms with Gasteiger partial charge < -0.3 is 15.5 Å². The highest BCUT2D eigenvalue weighted by molar-refractivity contribution is 5.91. The molecule has 6 nitrogen and oxygen atoms in total. The lowest BCUT2D eigenvalue weighted by molar-refractivity contribution is -0.121. The Balaban J connectivity index is 1.07. The molecule has 6 heteroatoms. The van der Waals surface area contributed by atoms with Crippen molar-refractivity contribution in [2.75, 3.05) is 32.7 Å². The lowest BCUT2D eigenvalue weighted by Gasteiger charge is -2.39. The third-order valence-electron chi connectivity index (χ3n) is 6.56. The van der Waals surface area contributed by atoms with Crippen LogP contribution in [0.15, 0.2) is 60.9 Å². The van der Waals surface area contributed by atoms with E-state index in [-0.39, 0.29) is 23.7 Å². The van der Waals surface area contributed by atoms with E-state index in [0.29, 0.717) is 13.1 Å². The summed E-state index contributed by atoms with van der Waals surface area (Å²) >= 11 is 0. The number of rotatable bonds is 9. The SMILES string of the molecule is O=C(/C=C/c1cccnc1)NCCC(=O)NCCCN1CCC2(C=Cc3ccccc32)CC1. The molecule has 4 rings (SSSR count). The Labute approximate surface area is 195 Å². The molecule has 0 unspecified atom stereocenters. The molecular weight excluding hydrogens is 412 g/mol. The minimum absolute atomic E-state index is 0.0307. The summed E-state index contributed by atoms with van der Waals surface area (Å²) in [4.78, 5) is 30.4. The summed E-state index contributed by atoms with van der Waals surface area (Å²) in [5.41, 5.74) is 3.93. The largest absolute Gasteiger partial charge is 0.356 e. The summed E-state index contributed by atoms with van der Waals surface area (Å²) in [6, 6.07) is 12.4. The van der Waals surface area contributed by atoms with E-state index in [4.69, 9.17) is 0 Å². The number of carbonyl (C=O) groups excluding carboxylic acids is 2. The summed E-state index contributed by atoms with van der Waals surface area (Å²) in [6.45, 7) is 4.16. The number of pyridine rings is 1. The van der Waals surface area contributed by atoms with Gasteiger partial charge in [0.1, 0.15) is 0 Å². The first-order valence-corrected chi connectivity index (χ1v) is 11.8. The summed E-state index contributed by atoms with van der Waals surface area (Å²) in [5, 5.41) is 5.70. The third-order valence-corrected chi connectivity index (χ3v) is 6.56. The van der Waals surface area contributed by atoms with Crippen molar-refractivity contribution in [3.8, 4) is 0 Å². The number of nitrogens with one attached hydrogen (secondary N) is 2. The van der Waals surface area contributed by atoms with Crippen molar-refractivity contribution < 1.29 is 9.59 Å². The first-order chi connectivity index (χ1) is 16.1. The number of aromatic nitrogens is 1. The Morgan fingerprint density at radius 2 is 1.91 bits per heavy atom. The van der Waals surface area contributed by atoms with Crippen LogP contribution in [0, 0.1) is 0 Å². The minimum atomic E-state index is -0.214. The van der Waals surface area contributed by atoms with Crippen LogP contribution in [0.4, 0.5) is 0 Å². The average Bonchev–Trinajstić information content (AvgIpc) is 3.20. The Morgan fingerprint density at radius 1 is 1.06 bits per heavy atom. The van der Waals surface area contributed by atoms with Crippen LogP contribution in [-0.4, -0.2) is 54.4 Å². The highest BCUT2D eigenvalue weighted by Crippen LogP contribution is 2.43. The number of hydrogen-bond donors (Lipinski definition) is 2. The number of piperidine rings is 1. The van der Waals surface area contributed by atoms with Gasteiger partial charge in [-0.1, -0.05) is 42.5 Å². The second-order valence-electron chi connectivity index (χ2n) is 8.78. The average molecular weight is 445 g/mol. The molecule has 1 aromatic heterocycles. The molecule has 172 valence electrons. The van der Waals surface area contributed by atoms with Crippen molar-refractivity contribution in [2.45, 2.75) is 31.1 Å². The van der Waals surface area contributed by atoms with Gasteiger partial charge in [-0.05, 0) is 67.7 Å². The topological polar surface area (TPSA) is 74.3 Å². The van der Waals surface area contributed by atoms with E-state index < -0.39 is 0 Å². The fourth-order valence-corrected chi connectivity index (χ4v) is 4.67. The molecule has 1 aromatic carbocycles. The van der Waals surface area contributed by atoms with Crippen LogP contribution in [-0.2, 0) is 15.0 Å². The van der Waals surface area contributed by atoms with Gasteiger partial charge in [-0.3, -0.25) is 14.6 Å². The van der Waals surface area contributed by atoms with Gasteiger partial charge in [-0.25, -0.2) is 0 Å².